The largest absolute Gasteiger partial charge is 0.416 e. The van der Waals surface area contributed by atoms with Gasteiger partial charge < -0.3 is 5.32 Å². The Morgan fingerprint density at radius 3 is 2.37 bits per heavy atom. The number of carbonyl (C=O) groups excluding carboxylic acids is 1. The summed E-state index contributed by atoms with van der Waals surface area (Å²) in [4.78, 5) is 25.7. The van der Waals surface area contributed by atoms with Crippen molar-refractivity contribution in [3.05, 3.63) is 70.1 Å². The summed E-state index contributed by atoms with van der Waals surface area (Å²) < 4.78 is 68.9. The van der Waals surface area contributed by atoms with Crippen molar-refractivity contribution in [2.75, 3.05) is 19.6 Å². The molecule has 0 radical (unpaired) electrons. The van der Waals surface area contributed by atoms with Crippen LogP contribution in [0.1, 0.15) is 47.6 Å². The van der Waals surface area contributed by atoms with Gasteiger partial charge in [0.25, 0.3) is 5.91 Å². The van der Waals surface area contributed by atoms with Crippen LogP contribution in [0.25, 0.3) is 11.4 Å². The molecule has 9 nitrogen and oxygen atoms in total. The molecule has 0 atom stereocenters. The summed E-state index contributed by atoms with van der Waals surface area (Å²) in [5, 5.41) is 6.96. The molecule has 1 aliphatic heterocycles. The van der Waals surface area contributed by atoms with E-state index in [1.165, 1.54) is 45.3 Å². The maximum atomic E-state index is 13.2. The Balaban J connectivity index is 1.27. The molecule has 2 heterocycles. The van der Waals surface area contributed by atoms with Gasteiger partial charge in [-0.05, 0) is 62.1 Å². The number of carbonyl (C=O) groups is 1. The van der Waals surface area contributed by atoms with E-state index >= 15 is 0 Å². The molecule has 38 heavy (non-hydrogen) atoms. The molecule has 13 heteroatoms. The Labute approximate surface area is 216 Å². The third-order valence-corrected chi connectivity index (χ3v) is 8.57. The number of amides is 1. The second-order valence-corrected chi connectivity index (χ2v) is 11.3. The molecule has 1 aliphatic carbocycles. The average Bonchev–Trinajstić information content (AvgIpc) is 3.44. The van der Waals surface area contributed by atoms with Crippen molar-refractivity contribution in [2.45, 2.75) is 49.3 Å². The smallest absolute Gasteiger partial charge is 0.350 e. The van der Waals surface area contributed by atoms with Crippen LogP contribution < -0.4 is 11.0 Å². The minimum Gasteiger partial charge on any atom is -0.350 e. The SMILES string of the molecule is O=C(NCCn1nc(-c2cccc(C(F)(F)F)c2)n(C2CC2)c1=O)c1ccc(S(=O)(=O)N2CCCC2)cc1. The first-order valence-electron chi connectivity index (χ1n) is 12.3. The predicted molar refractivity (Wildman–Crippen MR) is 132 cm³/mol. The van der Waals surface area contributed by atoms with Gasteiger partial charge >= 0.3 is 11.9 Å². The van der Waals surface area contributed by atoms with E-state index in [9.17, 15) is 31.2 Å². The zero-order valence-electron chi connectivity index (χ0n) is 20.3. The van der Waals surface area contributed by atoms with Crippen LogP contribution in [0.4, 0.5) is 13.2 Å². The molecule has 3 aromatic rings. The Hall–Kier alpha value is -3.45. The molecule has 202 valence electrons. The highest BCUT2D eigenvalue weighted by Crippen LogP contribution is 2.37. The molecule has 1 saturated carbocycles. The predicted octanol–water partition coefficient (Wildman–Crippen LogP) is 3.28. The first-order valence-corrected chi connectivity index (χ1v) is 13.7. The van der Waals surface area contributed by atoms with Crippen LogP contribution in [-0.2, 0) is 22.7 Å². The monoisotopic (exact) mass is 549 g/mol. The van der Waals surface area contributed by atoms with Gasteiger partial charge in [0.15, 0.2) is 5.82 Å². The molecule has 1 amide bonds. The van der Waals surface area contributed by atoms with Crippen molar-refractivity contribution in [2.24, 2.45) is 0 Å². The number of sulfonamides is 1. The summed E-state index contributed by atoms with van der Waals surface area (Å²) in [6.07, 6.45) is -1.41. The van der Waals surface area contributed by atoms with E-state index < -0.39 is 33.4 Å². The van der Waals surface area contributed by atoms with Crippen molar-refractivity contribution in [1.82, 2.24) is 24.0 Å². The fourth-order valence-electron chi connectivity index (χ4n) is 4.49. The molecule has 1 saturated heterocycles. The highest BCUT2D eigenvalue weighted by atomic mass is 32.2. The quantitative estimate of drug-likeness (QED) is 0.464. The van der Waals surface area contributed by atoms with Crippen LogP contribution >= 0.6 is 0 Å². The lowest BCUT2D eigenvalue weighted by molar-refractivity contribution is -0.137. The Kier molecular flexibility index (Phi) is 6.90. The number of nitrogens with zero attached hydrogens (tertiary/aromatic N) is 4. The molecule has 1 N–H and O–H groups in total. The summed E-state index contributed by atoms with van der Waals surface area (Å²) >= 11 is 0. The minimum absolute atomic E-state index is 0.0116. The maximum Gasteiger partial charge on any atom is 0.416 e. The van der Waals surface area contributed by atoms with E-state index in [1.807, 2.05) is 0 Å². The zero-order valence-corrected chi connectivity index (χ0v) is 21.1. The van der Waals surface area contributed by atoms with Crippen molar-refractivity contribution in [1.29, 1.82) is 0 Å². The third-order valence-electron chi connectivity index (χ3n) is 6.66. The van der Waals surface area contributed by atoms with Gasteiger partial charge in [-0.3, -0.25) is 9.36 Å². The fraction of sp³-hybridized carbons (Fsp3) is 0.400. The zero-order chi connectivity index (χ0) is 27.1. The highest BCUT2D eigenvalue weighted by molar-refractivity contribution is 7.89. The maximum absolute atomic E-state index is 13.2. The number of benzene rings is 2. The van der Waals surface area contributed by atoms with Crippen LogP contribution in [-0.4, -0.2) is 52.6 Å². The summed E-state index contributed by atoms with van der Waals surface area (Å²) in [5.74, 6) is -0.298. The van der Waals surface area contributed by atoms with E-state index in [-0.39, 0.29) is 41.0 Å². The molecule has 2 aliphatic rings. The topological polar surface area (TPSA) is 106 Å². The molecular formula is C25H26F3N5O4S. The lowest BCUT2D eigenvalue weighted by atomic mass is 10.1. The standard InChI is InChI=1S/C25H26F3N5O4S/c26-25(27,28)19-5-3-4-18(16-19)22-30-32(24(35)33(22)20-8-9-20)15-12-29-23(34)17-6-10-21(11-7-17)38(36,37)31-13-1-2-14-31/h3-7,10-11,16,20H,1-2,8-9,12-15H2,(H,29,34). The molecule has 5 rings (SSSR count). The van der Waals surface area contributed by atoms with Crippen LogP contribution in [0.5, 0.6) is 0 Å². The van der Waals surface area contributed by atoms with E-state index in [2.05, 4.69) is 10.4 Å². The van der Waals surface area contributed by atoms with Gasteiger partial charge in [0, 0.05) is 36.8 Å². The van der Waals surface area contributed by atoms with E-state index in [0.29, 0.717) is 13.1 Å². The Morgan fingerprint density at radius 2 is 1.74 bits per heavy atom. The average molecular weight is 550 g/mol. The Morgan fingerprint density at radius 1 is 1.05 bits per heavy atom. The first-order chi connectivity index (χ1) is 18.1. The lowest BCUT2D eigenvalue weighted by Gasteiger charge is -2.15. The highest BCUT2D eigenvalue weighted by Gasteiger charge is 2.33. The van der Waals surface area contributed by atoms with Crippen molar-refractivity contribution in [3.63, 3.8) is 0 Å². The summed E-state index contributed by atoms with van der Waals surface area (Å²) in [6.45, 7) is 1.01. The van der Waals surface area contributed by atoms with E-state index in [1.54, 1.807) is 0 Å². The van der Waals surface area contributed by atoms with Crippen LogP contribution in [0.3, 0.4) is 0 Å². The Bertz CT molecular complexity index is 1500. The number of halogens is 3. The lowest BCUT2D eigenvalue weighted by Crippen LogP contribution is -2.32. The van der Waals surface area contributed by atoms with Crippen LogP contribution in [0.15, 0.2) is 58.2 Å². The summed E-state index contributed by atoms with van der Waals surface area (Å²) in [7, 11) is -3.59. The molecule has 2 aromatic carbocycles. The number of alkyl halides is 3. The van der Waals surface area contributed by atoms with Crippen molar-refractivity contribution < 1.29 is 26.4 Å². The van der Waals surface area contributed by atoms with Crippen LogP contribution in [0.2, 0.25) is 0 Å². The molecule has 0 spiro atoms. The molecule has 0 bridgehead atoms. The van der Waals surface area contributed by atoms with Crippen molar-refractivity contribution >= 4 is 15.9 Å². The second-order valence-electron chi connectivity index (χ2n) is 9.40. The van der Waals surface area contributed by atoms with Gasteiger partial charge in [-0.1, -0.05) is 12.1 Å². The second kappa shape index (κ2) is 10.0. The minimum atomic E-state index is -4.52. The van der Waals surface area contributed by atoms with Gasteiger partial charge in [-0.2, -0.15) is 17.5 Å². The number of nitrogens with one attached hydrogen (secondary N) is 1. The number of aromatic nitrogens is 3. The summed E-state index contributed by atoms with van der Waals surface area (Å²) in [5.41, 5.74) is -0.835. The van der Waals surface area contributed by atoms with E-state index in [4.69, 9.17) is 0 Å². The normalized spacial score (nSPS) is 16.6. The first kappa shape index (κ1) is 26.2. The van der Waals surface area contributed by atoms with Gasteiger partial charge in [-0.15, -0.1) is 5.10 Å². The van der Waals surface area contributed by atoms with E-state index in [0.717, 1.165) is 42.5 Å². The molecule has 2 fully saturated rings. The van der Waals surface area contributed by atoms with Gasteiger partial charge in [0.1, 0.15) is 0 Å². The molecular weight excluding hydrogens is 523 g/mol. The summed E-state index contributed by atoms with van der Waals surface area (Å²) in [6, 6.07) is 10.2. The third kappa shape index (κ3) is 5.25. The van der Waals surface area contributed by atoms with Crippen LogP contribution in [0, 0.1) is 0 Å². The number of hydrogen-bond acceptors (Lipinski definition) is 5. The fourth-order valence-corrected chi connectivity index (χ4v) is 6.01. The number of hydrogen-bond donors (Lipinski definition) is 1. The number of rotatable bonds is 8. The molecule has 0 unspecified atom stereocenters. The van der Waals surface area contributed by atoms with Gasteiger partial charge in [-0.25, -0.2) is 17.9 Å². The van der Waals surface area contributed by atoms with Crippen molar-refractivity contribution in [3.8, 4) is 11.4 Å². The molecule has 1 aromatic heterocycles. The van der Waals surface area contributed by atoms with Gasteiger partial charge in [0.05, 0.1) is 17.0 Å². The van der Waals surface area contributed by atoms with Gasteiger partial charge in [0.2, 0.25) is 10.0 Å².